The zero-order valence-electron chi connectivity index (χ0n) is 24.3. The van der Waals surface area contributed by atoms with Gasteiger partial charge in [-0.2, -0.15) is 0 Å². The van der Waals surface area contributed by atoms with Gasteiger partial charge in [0.1, 0.15) is 16.4 Å². The minimum Gasteiger partial charge on any atom is -0.544 e. The fraction of sp³-hybridized carbons (Fsp3) is 0.679. The Hall–Kier alpha value is -1.07. The normalized spacial score (nSPS) is 21.6. The van der Waals surface area contributed by atoms with Gasteiger partial charge in [0, 0.05) is 5.92 Å². The van der Waals surface area contributed by atoms with E-state index in [1.807, 2.05) is 37.3 Å². The summed E-state index contributed by atoms with van der Waals surface area (Å²) in [6.45, 7) is 25.5. The Bertz CT molecular complexity index is 887. The SMILES string of the molecule is CCOC(=O)[C@H]1S[C@@H](O[Si](C)(C)C(C)(C)C)C(O[Si](C)(C)C(C)(C)C)=C[C@H]1COCc1ccccc1. The highest BCUT2D eigenvalue weighted by atomic mass is 32.2. The van der Waals surface area contributed by atoms with E-state index in [1.54, 1.807) is 0 Å². The van der Waals surface area contributed by atoms with E-state index in [0.717, 1.165) is 11.3 Å². The van der Waals surface area contributed by atoms with Crippen LogP contribution in [0.5, 0.6) is 0 Å². The summed E-state index contributed by atoms with van der Waals surface area (Å²) in [6.07, 6.45) is 2.10. The standard InChI is InChI=1S/C28H48O5SSi2/c1-12-31-25(29)24-22(20-30-19-21-16-14-13-15-17-21)18-23(32-35(8,9)27(2,3)4)26(34-24)33-36(10,11)28(5,6)7/h13-18,22,24,26H,12,19-20H2,1-11H3/t22-,24-,26+/m0/s1. The first-order valence-electron chi connectivity index (χ1n) is 13.0. The van der Waals surface area contributed by atoms with Gasteiger partial charge in [-0.25, -0.2) is 0 Å². The number of rotatable bonds is 10. The summed E-state index contributed by atoms with van der Waals surface area (Å²) >= 11 is 1.52. The van der Waals surface area contributed by atoms with Gasteiger partial charge in [0.05, 0.1) is 19.8 Å². The van der Waals surface area contributed by atoms with Crippen molar-refractivity contribution in [1.82, 2.24) is 0 Å². The van der Waals surface area contributed by atoms with Gasteiger partial charge in [-0.15, -0.1) is 11.8 Å². The van der Waals surface area contributed by atoms with E-state index < -0.39 is 21.9 Å². The van der Waals surface area contributed by atoms with E-state index in [9.17, 15) is 4.79 Å². The van der Waals surface area contributed by atoms with Crippen LogP contribution in [0.25, 0.3) is 0 Å². The van der Waals surface area contributed by atoms with Crippen molar-refractivity contribution in [2.75, 3.05) is 13.2 Å². The van der Waals surface area contributed by atoms with Gasteiger partial charge in [-0.05, 0) is 54.8 Å². The maximum Gasteiger partial charge on any atom is 0.319 e. The van der Waals surface area contributed by atoms with E-state index in [0.29, 0.717) is 19.8 Å². The Morgan fingerprint density at radius 2 is 1.53 bits per heavy atom. The lowest BCUT2D eigenvalue weighted by Gasteiger charge is -2.45. The highest BCUT2D eigenvalue weighted by Crippen LogP contribution is 2.46. The number of thioether (sulfide) groups is 1. The molecule has 0 bridgehead atoms. The first-order chi connectivity index (χ1) is 16.5. The summed E-state index contributed by atoms with van der Waals surface area (Å²) in [5.41, 5.74) is 0.759. The number of esters is 1. The fourth-order valence-corrected chi connectivity index (χ4v) is 7.39. The smallest absolute Gasteiger partial charge is 0.319 e. The predicted octanol–water partition coefficient (Wildman–Crippen LogP) is 7.75. The van der Waals surface area contributed by atoms with E-state index in [4.69, 9.17) is 18.3 Å². The zero-order valence-corrected chi connectivity index (χ0v) is 27.1. The molecule has 36 heavy (non-hydrogen) atoms. The third-order valence-corrected chi connectivity index (χ3v) is 18.0. The highest BCUT2D eigenvalue weighted by molar-refractivity contribution is 8.01. The number of carbonyl (C=O) groups excluding carboxylic acids is 1. The average Bonchev–Trinajstić information content (AvgIpc) is 2.74. The molecule has 1 aromatic carbocycles. The van der Waals surface area contributed by atoms with Crippen LogP contribution in [0, 0.1) is 5.92 Å². The minimum absolute atomic E-state index is 0.0325. The van der Waals surface area contributed by atoms with Crippen LogP contribution in [0.1, 0.15) is 54.0 Å². The van der Waals surface area contributed by atoms with Gasteiger partial charge >= 0.3 is 5.97 Å². The molecule has 1 aliphatic heterocycles. The second-order valence-electron chi connectivity index (χ2n) is 12.6. The van der Waals surface area contributed by atoms with Crippen LogP contribution >= 0.6 is 11.8 Å². The van der Waals surface area contributed by atoms with Crippen molar-refractivity contribution in [3.05, 3.63) is 47.7 Å². The number of ether oxygens (including phenoxy) is 2. The maximum atomic E-state index is 13.1. The van der Waals surface area contributed by atoms with E-state index >= 15 is 0 Å². The predicted molar refractivity (Wildman–Crippen MR) is 156 cm³/mol. The lowest BCUT2D eigenvalue weighted by atomic mass is 10.0. The van der Waals surface area contributed by atoms with E-state index in [2.05, 4.69) is 73.8 Å². The van der Waals surface area contributed by atoms with Crippen LogP contribution in [-0.4, -0.2) is 46.5 Å². The third kappa shape index (κ3) is 8.22. The van der Waals surface area contributed by atoms with Crippen molar-refractivity contribution >= 4 is 34.4 Å². The Morgan fingerprint density at radius 1 is 0.944 bits per heavy atom. The van der Waals surface area contributed by atoms with Crippen LogP contribution < -0.4 is 0 Å². The Balaban J connectivity index is 2.41. The van der Waals surface area contributed by atoms with Crippen molar-refractivity contribution in [1.29, 1.82) is 0 Å². The molecule has 0 fully saturated rings. The number of benzene rings is 1. The van der Waals surface area contributed by atoms with Crippen molar-refractivity contribution < 1.29 is 23.1 Å². The molecule has 0 spiro atoms. The van der Waals surface area contributed by atoms with E-state index in [-0.39, 0.29) is 27.4 Å². The molecule has 0 unspecified atom stereocenters. The molecule has 1 aromatic rings. The molecular weight excluding hydrogens is 505 g/mol. The monoisotopic (exact) mass is 552 g/mol. The molecule has 8 heteroatoms. The summed E-state index contributed by atoms with van der Waals surface area (Å²) in [5.74, 6) is 0.448. The van der Waals surface area contributed by atoms with Crippen LogP contribution in [-0.2, 0) is 29.7 Å². The fourth-order valence-electron chi connectivity index (χ4n) is 3.22. The first-order valence-corrected chi connectivity index (χ1v) is 19.8. The van der Waals surface area contributed by atoms with Crippen molar-refractivity contribution in [3.63, 3.8) is 0 Å². The molecule has 3 atom stereocenters. The van der Waals surface area contributed by atoms with Crippen LogP contribution in [0.15, 0.2) is 42.2 Å². The third-order valence-electron chi connectivity index (χ3n) is 7.60. The summed E-state index contributed by atoms with van der Waals surface area (Å²) in [4.78, 5) is 13.1. The molecular formula is C28H48O5SSi2. The van der Waals surface area contributed by atoms with Gasteiger partial charge in [0.2, 0.25) is 8.32 Å². The molecule has 5 nitrogen and oxygen atoms in total. The summed E-state index contributed by atoms with van der Waals surface area (Å²) in [7, 11) is -4.28. The van der Waals surface area contributed by atoms with Gasteiger partial charge in [0.15, 0.2) is 8.32 Å². The van der Waals surface area contributed by atoms with Gasteiger partial charge in [-0.3, -0.25) is 4.79 Å². The summed E-state index contributed by atoms with van der Waals surface area (Å²) in [6, 6.07) is 10.1. The Kier molecular flexibility index (Phi) is 10.6. The molecule has 0 amide bonds. The molecule has 204 valence electrons. The molecule has 0 saturated carbocycles. The molecule has 0 aliphatic carbocycles. The molecule has 1 aliphatic rings. The maximum absolute atomic E-state index is 13.1. The van der Waals surface area contributed by atoms with E-state index in [1.165, 1.54) is 11.8 Å². The zero-order chi connectivity index (χ0) is 27.4. The van der Waals surface area contributed by atoms with Crippen LogP contribution in [0.4, 0.5) is 0 Å². The Labute approximate surface area is 226 Å². The Morgan fingerprint density at radius 3 is 2.06 bits per heavy atom. The lowest BCUT2D eigenvalue weighted by molar-refractivity contribution is -0.143. The topological polar surface area (TPSA) is 54.0 Å². The van der Waals surface area contributed by atoms with Crippen molar-refractivity contribution in [2.45, 2.75) is 102 Å². The van der Waals surface area contributed by atoms with Crippen molar-refractivity contribution in [3.8, 4) is 0 Å². The van der Waals surface area contributed by atoms with Gasteiger partial charge < -0.3 is 18.3 Å². The first kappa shape index (κ1) is 31.2. The average molecular weight is 553 g/mol. The minimum atomic E-state index is -2.14. The van der Waals surface area contributed by atoms with Gasteiger partial charge in [-0.1, -0.05) is 71.9 Å². The number of hydrogen-bond acceptors (Lipinski definition) is 6. The number of hydrogen-bond donors (Lipinski definition) is 0. The molecule has 1 heterocycles. The van der Waals surface area contributed by atoms with Crippen LogP contribution in [0.3, 0.4) is 0 Å². The van der Waals surface area contributed by atoms with Crippen molar-refractivity contribution in [2.24, 2.45) is 5.92 Å². The molecule has 0 aromatic heterocycles. The lowest BCUT2D eigenvalue weighted by Crippen LogP contribution is -2.49. The summed E-state index contributed by atoms with van der Waals surface area (Å²) < 4.78 is 25.3. The molecule has 0 radical (unpaired) electrons. The number of carbonyl (C=O) groups is 1. The second kappa shape index (κ2) is 12.2. The van der Waals surface area contributed by atoms with Gasteiger partial charge in [0.25, 0.3) is 0 Å². The highest BCUT2D eigenvalue weighted by Gasteiger charge is 2.47. The van der Waals surface area contributed by atoms with Crippen LogP contribution in [0.2, 0.25) is 36.3 Å². The molecule has 0 saturated heterocycles. The largest absolute Gasteiger partial charge is 0.544 e. The molecule has 2 rings (SSSR count). The molecule has 0 N–H and O–H groups in total. The quantitative estimate of drug-likeness (QED) is 0.218. The second-order valence-corrected chi connectivity index (χ2v) is 23.3. The summed E-state index contributed by atoms with van der Waals surface area (Å²) in [5, 5.41) is -0.343.